The van der Waals surface area contributed by atoms with Crippen LogP contribution in [0.2, 0.25) is 0 Å². The fraction of sp³-hybridized carbons (Fsp3) is 0.190. The third-order valence-electron chi connectivity index (χ3n) is 4.36. The van der Waals surface area contributed by atoms with Gasteiger partial charge in [-0.25, -0.2) is 9.78 Å². The number of carbonyl (C=O) groups is 1. The van der Waals surface area contributed by atoms with Crippen LogP contribution in [0.3, 0.4) is 0 Å². The molecule has 0 unspecified atom stereocenters. The van der Waals surface area contributed by atoms with Crippen LogP contribution in [0, 0.1) is 0 Å². The highest BCUT2D eigenvalue weighted by Crippen LogP contribution is 2.31. The molecule has 2 heterocycles. The molecule has 1 N–H and O–H groups in total. The van der Waals surface area contributed by atoms with Gasteiger partial charge < -0.3 is 9.84 Å². The number of aromatic nitrogens is 2. The van der Waals surface area contributed by atoms with Crippen LogP contribution in [0.25, 0.3) is 11.3 Å². The number of pyridine rings is 2. The average Bonchev–Trinajstić information content (AvgIpc) is 2.68. The van der Waals surface area contributed by atoms with Gasteiger partial charge in [0.05, 0.1) is 24.2 Å². The van der Waals surface area contributed by atoms with Crippen molar-refractivity contribution in [1.82, 2.24) is 9.97 Å². The second-order valence-electron chi connectivity index (χ2n) is 6.48. The number of hydrogen-bond acceptors (Lipinski definition) is 4. The molecule has 3 aromatic rings. The van der Waals surface area contributed by atoms with Gasteiger partial charge in [-0.15, -0.1) is 0 Å². The van der Waals surface area contributed by atoms with E-state index in [1.165, 1.54) is 6.07 Å². The summed E-state index contributed by atoms with van der Waals surface area (Å²) in [5.74, 6) is -0.273. The second-order valence-corrected chi connectivity index (χ2v) is 6.48. The van der Waals surface area contributed by atoms with Crippen LogP contribution in [0.1, 0.15) is 35.7 Å². The minimum absolute atomic E-state index is 0.0273. The number of carboxylic acids is 1. The molecule has 5 heteroatoms. The van der Waals surface area contributed by atoms with Gasteiger partial charge in [0, 0.05) is 11.0 Å². The van der Waals surface area contributed by atoms with E-state index in [2.05, 4.69) is 4.98 Å². The molecule has 0 spiro atoms. The summed E-state index contributed by atoms with van der Waals surface area (Å²) in [5.41, 5.74) is 2.73. The SMILES string of the molecule is COc1cccc(-c2cccc(C(C)(C)c3cccc(C(=O)O)n3)n2)c1. The molecule has 26 heavy (non-hydrogen) atoms. The van der Waals surface area contributed by atoms with Crippen LogP contribution < -0.4 is 4.74 Å². The molecule has 0 atom stereocenters. The van der Waals surface area contributed by atoms with Crippen molar-refractivity contribution >= 4 is 5.97 Å². The highest BCUT2D eigenvalue weighted by molar-refractivity contribution is 5.85. The highest BCUT2D eigenvalue weighted by Gasteiger charge is 2.27. The molecular formula is C21H20N2O3. The lowest BCUT2D eigenvalue weighted by atomic mass is 9.84. The molecule has 1 aromatic carbocycles. The van der Waals surface area contributed by atoms with E-state index in [9.17, 15) is 9.90 Å². The first-order valence-electron chi connectivity index (χ1n) is 8.24. The van der Waals surface area contributed by atoms with Crippen molar-refractivity contribution in [1.29, 1.82) is 0 Å². The number of rotatable bonds is 5. The zero-order valence-electron chi connectivity index (χ0n) is 14.9. The second kappa shape index (κ2) is 6.96. The lowest BCUT2D eigenvalue weighted by molar-refractivity contribution is 0.0690. The number of aromatic carboxylic acids is 1. The molecular weight excluding hydrogens is 328 g/mol. The molecule has 0 saturated heterocycles. The highest BCUT2D eigenvalue weighted by atomic mass is 16.5. The Kier molecular flexibility index (Phi) is 4.71. The van der Waals surface area contributed by atoms with Crippen LogP contribution in [-0.4, -0.2) is 28.2 Å². The molecule has 0 fully saturated rings. The maximum absolute atomic E-state index is 11.2. The Morgan fingerprint density at radius 2 is 1.62 bits per heavy atom. The first kappa shape index (κ1) is 17.6. The van der Waals surface area contributed by atoms with Crippen LogP contribution in [0.5, 0.6) is 5.75 Å². The van der Waals surface area contributed by atoms with Crippen LogP contribution in [0.15, 0.2) is 60.7 Å². The first-order valence-corrected chi connectivity index (χ1v) is 8.24. The lowest BCUT2D eigenvalue weighted by Gasteiger charge is -2.24. The van der Waals surface area contributed by atoms with E-state index in [1.54, 1.807) is 13.2 Å². The zero-order chi connectivity index (χ0) is 18.7. The third kappa shape index (κ3) is 3.42. The molecule has 0 radical (unpaired) electrons. The fourth-order valence-electron chi connectivity index (χ4n) is 2.76. The fourth-order valence-corrected chi connectivity index (χ4v) is 2.76. The molecule has 0 bridgehead atoms. The summed E-state index contributed by atoms with van der Waals surface area (Å²) in [6, 6.07) is 18.6. The summed E-state index contributed by atoms with van der Waals surface area (Å²) < 4.78 is 5.29. The van der Waals surface area contributed by atoms with Crippen molar-refractivity contribution in [3.63, 3.8) is 0 Å². The van der Waals surface area contributed by atoms with Crippen LogP contribution >= 0.6 is 0 Å². The van der Waals surface area contributed by atoms with Crippen molar-refractivity contribution in [2.75, 3.05) is 7.11 Å². The molecule has 0 aliphatic carbocycles. The van der Waals surface area contributed by atoms with Gasteiger partial charge in [-0.2, -0.15) is 0 Å². The Hall–Kier alpha value is -3.21. The maximum atomic E-state index is 11.2. The molecule has 3 rings (SSSR count). The van der Waals surface area contributed by atoms with Gasteiger partial charge in [0.2, 0.25) is 0 Å². The van der Waals surface area contributed by atoms with Gasteiger partial charge in [0.1, 0.15) is 11.4 Å². The topological polar surface area (TPSA) is 72.3 Å². The van der Waals surface area contributed by atoms with E-state index >= 15 is 0 Å². The van der Waals surface area contributed by atoms with Crippen LogP contribution in [0.4, 0.5) is 0 Å². The van der Waals surface area contributed by atoms with E-state index in [0.29, 0.717) is 5.69 Å². The normalized spacial score (nSPS) is 11.2. The summed E-state index contributed by atoms with van der Waals surface area (Å²) in [5, 5.41) is 9.20. The number of ether oxygens (including phenoxy) is 1. The number of nitrogens with zero attached hydrogens (tertiary/aromatic N) is 2. The monoisotopic (exact) mass is 348 g/mol. The summed E-state index contributed by atoms with van der Waals surface area (Å²) in [6.07, 6.45) is 0. The standard InChI is InChI=1S/C21H20N2O3/c1-21(2,19-12-6-10-17(23-19)20(24)25)18-11-5-9-16(22-18)14-7-4-8-15(13-14)26-3/h4-13H,1-3H3,(H,24,25). The minimum Gasteiger partial charge on any atom is -0.497 e. The first-order chi connectivity index (χ1) is 12.4. The van der Waals surface area contributed by atoms with Crippen molar-refractivity contribution in [2.45, 2.75) is 19.3 Å². The molecule has 2 aromatic heterocycles. The van der Waals surface area contributed by atoms with Crippen molar-refractivity contribution in [3.05, 3.63) is 77.7 Å². The summed E-state index contributed by atoms with van der Waals surface area (Å²) in [6.45, 7) is 3.97. The Bertz CT molecular complexity index is 951. The summed E-state index contributed by atoms with van der Waals surface area (Å²) in [7, 11) is 1.63. The van der Waals surface area contributed by atoms with E-state index in [1.807, 2.05) is 62.4 Å². The van der Waals surface area contributed by atoms with Crippen LogP contribution in [-0.2, 0) is 5.41 Å². The predicted octanol–water partition coefficient (Wildman–Crippen LogP) is 4.18. The van der Waals surface area contributed by atoms with Gasteiger partial charge in [-0.1, -0.05) is 24.3 Å². The molecule has 0 saturated carbocycles. The van der Waals surface area contributed by atoms with E-state index in [-0.39, 0.29) is 5.69 Å². The summed E-state index contributed by atoms with van der Waals surface area (Å²) >= 11 is 0. The van der Waals surface area contributed by atoms with Gasteiger partial charge in [0.25, 0.3) is 0 Å². The van der Waals surface area contributed by atoms with Crippen molar-refractivity contribution < 1.29 is 14.6 Å². The van der Waals surface area contributed by atoms with E-state index < -0.39 is 11.4 Å². The Morgan fingerprint density at radius 1 is 0.962 bits per heavy atom. The number of benzene rings is 1. The lowest BCUT2D eigenvalue weighted by Crippen LogP contribution is -2.23. The van der Waals surface area contributed by atoms with Gasteiger partial charge in [0.15, 0.2) is 0 Å². The van der Waals surface area contributed by atoms with Gasteiger partial charge in [-0.05, 0) is 50.2 Å². The van der Waals surface area contributed by atoms with Gasteiger partial charge in [-0.3, -0.25) is 4.98 Å². The maximum Gasteiger partial charge on any atom is 0.354 e. The molecule has 5 nitrogen and oxygen atoms in total. The Balaban J connectivity index is 2.03. The smallest absolute Gasteiger partial charge is 0.354 e. The van der Waals surface area contributed by atoms with E-state index in [4.69, 9.17) is 9.72 Å². The quantitative estimate of drug-likeness (QED) is 0.749. The Morgan fingerprint density at radius 3 is 2.31 bits per heavy atom. The number of hydrogen-bond donors (Lipinski definition) is 1. The number of carboxylic acid groups (broad SMARTS) is 1. The molecule has 0 aliphatic rings. The largest absolute Gasteiger partial charge is 0.497 e. The molecule has 0 amide bonds. The zero-order valence-corrected chi connectivity index (χ0v) is 14.9. The average molecular weight is 348 g/mol. The third-order valence-corrected chi connectivity index (χ3v) is 4.36. The van der Waals surface area contributed by atoms with Crippen molar-refractivity contribution in [2.24, 2.45) is 0 Å². The predicted molar refractivity (Wildman–Crippen MR) is 99.5 cm³/mol. The minimum atomic E-state index is -1.04. The van der Waals surface area contributed by atoms with Gasteiger partial charge >= 0.3 is 5.97 Å². The summed E-state index contributed by atoms with van der Waals surface area (Å²) in [4.78, 5) is 20.3. The molecule has 0 aliphatic heterocycles. The van der Waals surface area contributed by atoms with E-state index in [0.717, 1.165) is 22.7 Å². The van der Waals surface area contributed by atoms with Crippen molar-refractivity contribution in [3.8, 4) is 17.0 Å². The number of methoxy groups -OCH3 is 1. The Labute approximate surface area is 152 Å². The molecule has 132 valence electrons.